The number of hydrogen-bond acceptors (Lipinski definition) is 3. The van der Waals surface area contributed by atoms with Gasteiger partial charge in [0.1, 0.15) is 5.82 Å². The molecular formula is C19H20ClFN2O. The fourth-order valence-electron chi connectivity index (χ4n) is 2.94. The Morgan fingerprint density at radius 1 is 1.04 bits per heavy atom. The van der Waals surface area contributed by atoms with Crippen molar-refractivity contribution < 1.29 is 9.18 Å². The van der Waals surface area contributed by atoms with E-state index < -0.39 is 0 Å². The van der Waals surface area contributed by atoms with Gasteiger partial charge in [-0.15, -0.1) is 0 Å². The predicted molar refractivity (Wildman–Crippen MR) is 95.5 cm³/mol. The summed E-state index contributed by atoms with van der Waals surface area (Å²) in [5.74, 6) is -0.254. The van der Waals surface area contributed by atoms with Crippen molar-refractivity contribution in [3.63, 3.8) is 0 Å². The molecule has 2 aromatic carbocycles. The second-order valence-corrected chi connectivity index (χ2v) is 6.43. The van der Waals surface area contributed by atoms with Crippen LogP contribution in [-0.2, 0) is 0 Å². The first-order chi connectivity index (χ1) is 11.6. The van der Waals surface area contributed by atoms with E-state index in [1.54, 1.807) is 12.1 Å². The van der Waals surface area contributed by atoms with Gasteiger partial charge in [-0.3, -0.25) is 9.69 Å². The van der Waals surface area contributed by atoms with Gasteiger partial charge in [0.05, 0.1) is 0 Å². The van der Waals surface area contributed by atoms with E-state index in [0.717, 1.165) is 43.4 Å². The highest BCUT2D eigenvalue weighted by Crippen LogP contribution is 2.20. The van der Waals surface area contributed by atoms with Gasteiger partial charge in [-0.05, 0) is 42.5 Å². The summed E-state index contributed by atoms with van der Waals surface area (Å²) < 4.78 is 12.9. The molecule has 0 atom stereocenters. The molecule has 0 saturated carbocycles. The fraction of sp³-hybridized carbons (Fsp3) is 0.316. The summed E-state index contributed by atoms with van der Waals surface area (Å²) >= 11 is 6.05. The van der Waals surface area contributed by atoms with Crippen molar-refractivity contribution in [1.82, 2.24) is 4.90 Å². The van der Waals surface area contributed by atoms with Crippen LogP contribution in [-0.4, -0.2) is 43.4 Å². The van der Waals surface area contributed by atoms with Crippen LogP contribution in [0.3, 0.4) is 0 Å². The molecule has 1 fully saturated rings. The first kappa shape index (κ1) is 16.9. The topological polar surface area (TPSA) is 23.6 Å². The van der Waals surface area contributed by atoms with Crippen molar-refractivity contribution in [3.05, 3.63) is 64.9 Å². The zero-order chi connectivity index (χ0) is 16.9. The molecule has 2 aromatic rings. The molecule has 0 radical (unpaired) electrons. The molecule has 1 saturated heterocycles. The largest absolute Gasteiger partial charge is 0.369 e. The third kappa shape index (κ3) is 4.34. The van der Waals surface area contributed by atoms with Gasteiger partial charge < -0.3 is 4.90 Å². The number of Topliss-reactive ketones (excluding diaryl/α,β-unsaturated/α-hetero) is 1. The first-order valence-corrected chi connectivity index (χ1v) is 8.51. The van der Waals surface area contributed by atoms with Gasteiger partial charge in [0.2, 0.25) is 0 Å². The van der Waals surface area contributed by atoms with Crippen LogP contribution in [0.2, 0.25) is 5.02 Å². The summed E-state index contributed by atoms with van der Waals surface area (Å²) in [5, 5.41) is 0.750. The molecule has 0 unspecified atom stereocenters. The maximum absolute atomic E-state index is 12.9. The van der Waals surface area contributed by atoms with Crippen LogP contribution in [0, 0.1) is 5.82 Å². The minimum Gasteiger partial charge on any atom is -0.369 e. The second-order valence-electron chi connectivity index (χ2n) is 5.99. The number of hydrogen-bond donors (Lipinski definition) is 0. The van der Waals surface area contributed by atoms with E-state index in [9.17, 15) is 9.18 Å². The average Bonchev–Trinajstić information content (AvgIpc) is 2.61. The lowest BCUT2D eigenvalue weighted by Gasteiger charge is -2.36. The number of carbonyl (C=O) groups excluding carboxylic acids is 1. The minimum atomic E-state index is -0.316. The highest BCUT2D eigenvalue weighted by Gasteiger charge is 2.18. The lowest BCUT2D eigenvalue weighted by molar-refractivity contribution is 0.0962. The van der Waals surface area contributed by atoms with E-state index in [-0.39, 0.29) is 11.6 Å². The quantitative estimate of drug-likeness (QED) is 0.768. The molecule has 0 spiro atoms. The molecule has 0 N–H and O–H groups in total. The number of nitrogens with zero attached hydrogens (tertiary/aromatic N) is 2. The minimum absolute atomic E-state index is 0.0623. The summed E-state index contributed by atoms with van der Waals surface area (Å²) in [6, 6.07) is 13.7. The molecule has 24 heavy (non-hydrogen) atoms. The van der Waals surface area contributed by atoms with Gasteiger partial charge in [0.25, 0.3) is 0 Å². The molecule has 126 valence electrons. The predicted octanol–water partition coefficient (Wildman–Crippen LogP) is 3.87. The van der Waals surface area contributed by atoms with Gasteiger partial charge in [-0.2, -0.15) is 0 Å². The number of piperazine rings is 1. The second kappa shape index (κ2) is 7.77. The van der Waals surface area contributed by atoms with Crippen LogP contribution in [0.5, 0.6) is 0 Å². The normalized spacial score (nSPS) is 15.5. The number of anilines is 1. The zero-order valence-corrected chi connectivity index (χ0v) is 14.2. The van der Waals surface area contributed by atoms with Crippen molar-refractivity contribution in [3.8, 4) is 0 Å². The monoisotopic (exact) mass is 346 g/mol. The Kier molecular flexibility index (Phi) is 5.48. The number of rotatable bonds is 5. The summed E-state index contributed by atoms with van der Waals surface area (Å²) in [4.78, 5) is 16.8. The van der Waals surface area contributed by atoms with Crippen molar-refractivity contribution in [1.29, 1.82) is 0 Å². The van der Waals surface area contributed by atoms with E-state index in [0.29, 0.717) is 12.0 Å². The van der Waals surface area contributed by atoms with Crippen molar-refractivity contribution >= 4 is 23.1 Å². The van der Waals surface area contributed by atoms with E-state index in [2.05, 4.69) is 15.9 Å². The van der Waals surface area contributed by atoms with Crippen LogP contribution in [0.1, 0.15) is 16.8 Å². The third-order valence-electron chi connectivity index (χ3n) is 4.37. The Hall–Kier alpha value is -1.91. The highest BCUT2D eigenvalue weighted by atomic mass is 35.5. The lowest BCUT2D eigenvalue weighted by Crippen LogP contribution is -2.46. The van der Waals surface area contributed by atoms with Crippen molar-refractivity contribution in [2.75, 3.05) is 37.6 Å². The number of carbonyl (C=O) groups is 1. The molecule has 0 amide bonds. The van der Waals surface area contributed by atoms with Gasteiger partial charge in [-0.25, -0.2) is 4.39 Å². The van der Waals surface area contributed by atoms with Crippen LogP contribution in [0.4, 0.5) is 10.1 Å². The summed E-state index contributed by atoms with van der Waals surface area (Å²) in [5.41, 5.74) is 1.72. The molecule has 5 heteroatoms. The lowest BCUT2D eigenvalue weighted by atomic mass is 10.1. The van der Waals surface area contributed by atoms with Gasteiger partial charge >= 0.3 is 0 Å². The molecule has 0 bridgehead atoms. The zero-order valence-electron chi connectivity index (χ0n) is 13.4. The SMILES string of the molecule is O=C(CCN1CCN(c2cccc(Cl)c2)CC1)c1ccc(F)cc1. The molecule has 1 aliphatic heterocycles. The molecule has 0 aromatic heterocycles. The van der Waals surface area contributed by atoms with E-state index in [1.807, 2.05) is 18.2 Å². The van der Waals surface area contributed by atoms with Crippen LogP contribution < -0.4 is 4.90 Å². The third-order valence-corrected chi connectivity index (χ3v) is 4.60. The van der Waals surface area contributed by atoms with Gasteiger partial charge in [0, 0.05) is 55.4 Å². The fourth-order valence-corrected chi connectivity index (χ4v) is 3.13. The molecular weight excluding hydrogens is 327 g/mol. The summed E-state index contributed by atoms with van der Waals surface area (Å²) in [6.45, 7) is 4.42. The maximum atomic E-state index is 12.9. The van der Waals surface area contributed by atoms with Crippen LogP contribution in [0.25, 0.3) is 0 Å². The summed E-state index contributed by atoms with van der Waals surface area (Å²) in [6.07, 6.45) is 0.461. The van der Waals surface area contributed by atoms with E-state index in [1.165, 1.54) is 12.1 Å². The number of benzene rings is 2. The maximum Gasteiger partial charge on any atom is 0.164 e. The Morgan fingerprint density at radius 2 is 1.75 bits per heavy atom. The smallest absolute Gasteiger partial charge is 0.164 e. The van der Waals surface area contributed by atoms with E-state index >= 15 is 0 Å². The molecule has 3 nitrogen and oxygen atoms in total. The van der Waals surface area contributed by atoms with Crippen LogP contribution >= 0.6 is 11.6 Å². The Morgan fingerprint density at radius 3 is 2.42 bits per heavy atom. The van der Waals surface area contributed by atoms with Crippen LogP contribution in [0.15, 0.2) is 48.5 Å². The van der Waals surface area contributed by atoms with Gasteiger partial charge in [-0.1, -0.05) is 17.7 Å². The van der Waals surface area contributed by atoms with Crippen molar-refractivity contribution in [2.45, 2.75) is 6.42 Å². The van der Waals surface area contributed by atoms with Crippen molar-refractivity contribution in [2.24, 2.45) is 0 Å². The molecule has 1 aliphatic rings. The summed E-state index contributed by atoms with van der Waals surface area (Å²) in [7, 11) is 0. The first-order valence-electron chi connectivity index (χ1n) is 8.13. The van der Waals surface area contributed by atoms with E-state index in [4.69, 9.17) is 11.6 Å². The number of halogens is 2. The molecule has 1 heterocycles. The Bertz CT molecular complexity index is 697. The number of ketones is 1. The average molecular weight is 347 g/mol. The molecule has 3 rings (SSSR count). The highest BCUT2D eigenvalue weighted by molar-refractivity contribution is 6.30. The van der Waals surface area contributed by atoms with Gasteiger partial charge in [0.15, 0.2) is 5.78 Å². The molecule has 0 aliphatic carbocycles. The Labute approximate surface area is 146 Å². The standard InChI is InChI=1S/C19H20ClFN2O/c20-16-2-1-3-18(14-16)23-12-10-22(11-13-23)9-8-19(24)15-4-6-17(21)7-5-15/h1-7,14H,8-13H2. The Balaban J connectivity index is 1.47.